The SMILES string of the molecule is C[C@@]1(C(=O)O)CCN(C(=O)Cc2csc(-c3cccs3)n2)C1. The lowest BCUT2D eigenvalue weighted by Crippen LogP contribution is -2.35. The molecule has 7 heteroatoms. The van der Waals surface area contributed by atoms with E-state index in [1.165, 1.54) is 11.3 Å². The van der Waals surface area contributed by atoms with Crippen LogP contribution in [0.5, 0.6) is 0 Å². The van der Waals surface area contributed by atoms with Gasteiger partial charge in [0, 0.05) is 18.5 Å². The third-order valence-electron chi connectivity index (χ3n) is 3.96. The Bertz CT molecular complexity index is 695. The fourth-order valence-electron chi connectivity index (χ4n) is 2.52. The Balaban J connectivity index is 1.65. The van der Waals surface area contributed by atoms with Gasteiger partial charge in [0.15, 0.2) is 0 Å². The van der Waals surface area contributed by atoms with Gasteiger partial charge in [-0.15, -0.1) is 22.7 Å². The highest BCUT2D eigenvalue weighted by Gasteiger charge is 2.42. The second-order valence-electron chi connectivity index (χ2n) is 5.73. The number of nitrogens with zero attached hydrogens (tertiary/aromatic N) is 2. The molecule has 0 bridgehead atoms. The number of carbonyl (C=O) groups is 2. The summed E-state index contributed by atoms with van der Waals surface area (Å²) < 4.78 is 0. The summed E-state index contributed by atoms with van der Waals surface area (Å²) >= 11 is 3.15. The molecule has 22 heavy (non-hydrogen) atoms. The summed E-state index contributed by atoms with van der Waals surface area (Å²) in [6.45, 7) is 2.48. The molecule has 1 N–H and O–H groups in total. The normalized spacial score (nSPS) is 21.2. The van der Waals surface area contributed by atoms with Crippen LogP contribution < -0.4 is 0 Å². The third-order valence-corrected chi connectivity index (χ3v) is 5.89. The number of likely N-dealkylation sites (tertiary alicyclic amines) is 1. The van der Waals surface area contributed by atoms with Crippen LogP contribution in [0.4, 0.5) is 0 Å². The summed E-state index contributed by atoms with van der Waals surface area (Å²) in [6, 6.07) is 3.98. The molecule has 0 saturated carbocycles. The molecule has 5 nitrogen and oxygen atoms in total. The van der Waals surface area contributed by atoms with Gasteiger partial charge in [-0.25, -0.2) is 4.98 Å². The van der Waals surface area contributed by atoms with Crippen molar-refractivity contribution in [2.24, 2.45) is 5.41 Å². The quantitative estimate of drug-likeness (QED) is 0.932. The Morgan fingerprint density at radius 3 is 2.91 bits per heavy atom. The van der Waals surface area contributed by atoms with Crippen molar-refractivity contribution in [1.82, 2.24) is 9.88 Å². The molecule has 0 aliphatic carbocycles. The highest BCUT2D eigenvalue weighted by Crippen LogP contribution is 2.31. The fourth-order valence-corrected chi connectivity index (χ4v) is 4.15. The minimum absolute atomic E-state index is 0.0481. The highest BCUT2D eigenvalue weighted by molar-refractivity contribution is 7.20. The molecule has 3 heterocycles. The molecule has 0 unspecified atom stereocenters. The lowest BCUT2D eigenvalue weighted by molar-refractivity contribution is -0.147. The summed E-state index contributed by atoms with van der Waals surface area (Å²) in [5.74, 6) is -0.885. The molecule has 2 aromatic heterocycles. The highest BCUT2D eigenvalue weighted by atomic mass is 32.1. The van der Waals surface area contributed by atoms with Gasteiger partial charge in [-0.2, -0.15) is 0 Å². The van der Waals surface area contributed by atoms with Crippen molar-refractivity contribution in [3.8, 4) is 9.88 Å². The Labute approximate surface area is 136 Å². The van der Waals surface area contributed by atoms with Crippen LogP contribution in [0, 0.1) is 5.41 Å². The van der Waals surface area contributed by atoms with Crippen molar-refractivity contribution in [3.05, 3.63) is 28.6 Å². The van der Waals surface area contributed by atoms with Gasteiger partial charge in [0.05, 0.1) is 22.4 Å². The first-order valence-electron chi connectivity index (χ1n) is 6.97. The summed E-state index contributed by atoms with van der Waals surface area (Å²) in [7, 11) is 0. The molecule has 0 aromatic carbocycles. The van der Waals surface area contributed by atoms with E-state index < -0.39 is 11.4 Å². The first kappa shape index (κ1) is 15.2. The number of hydrogen-bond donors (Lipinski definition) is 1. The van der Waals surface area contributed by atoms with Gasteiger partial charge >= 0.3 is 5.97 Å². The fraction of sp³-hybridized carbons (Fsp3) is 0.400. The molecule has 1 fully saturated rings. The Morgan fingerprint density at radius 2 is 2.27 bits per heavy atom. The summed E-state index contributed by atoms with van der Waals surface area (Å²) in [6.07, 6.45) is 0.739. The molecule has 116 valence electrons. The van der Waals surface area contributed by atoms with Crippen molar-refractivity contribution in [1.29, 1.82) is 0 Å². The van der Waals surface area contributed by atoms with E-state index >= 15 is 0 Å². The van der Waals surface area contributed by atoms with Gasteiger partial charge in [0.2, 0.25) is 5.91 Å². The zero-order valence-electron chi connectivity index (χ0n) is 12.1. The second-order valence-corrected chi connectivity index (χ2v) is 7.53. The molecule has 0 radical (unpaired) electrons. The number of rotatable bonds is 4. The maximum atomic E-state index is 12.3. The van der Waals surface area contributed by atoms with Crippen molar-refractivity contribution in [2.45, 2.75) is 19.8 Å². The van der Waals surface area contributed by atoms with Crippen LogP contribution in [0.1, 0.15) is 19.0 Å². The predicted molar refractivity (Wildman–Crippen MR) is 86.1 cm³/mol. The van der Waals surface area contributed by atoms with E-state index in [0.717, 1.165) is 15.6 Å². The molecule has 1 aliphatic rings. The maximum Gasteiger partial charge on any atom is 0.311 e. The lowest BCUT2D eigenvalue weighted by atomic mass is 9.90. The minimum atomic E-state index is -0.837. The van der Waals surface area contributed by atoms with Crippen molar-refractivity contribution in [3.63, 3.8) is 0 Å². The van der Waals surface area contributed by atoms with Crippen LogP contribution in [0.25, 0.3) is 9.88 Å². The Hall–Kier alpha value is -1.73. The van der Waals surface area contributed by atoms with E-state index in [9.17, 15) is 14.7 Å². The first-order valence-corrected chi connectivity index (χ1v) is 8.73. The van der Waals surface area contributed by atoms with Crippen LogP contribution in [-0.2, 0) is 16.0 Å². The van der Waals surface area contributed by atoms with Crippen molar-refractivity contribution < 1.29 is 14.7 Å². The molecule has 1 amide bonds. The lowest BCUT2D eigenvalue weighted by Gasteiger charge is -2.19. The van der Waals surface area contributed by atoms with Gasteiger partial charge in [-0.05, 0) is 24.8 Å². The number of aromatic nitrogens is 1. The molecule has 3 rings (SSSR count). The first-order chi connectivity index (χ1) is 10.5. The number of thiophene rings is 1. The Morgan fingerprint density at radius 1 is 1.45 bits per heavy atom. The van der Waals surface area contributed by atoms with E-state index in [4.69, 9.17) is 0 Å². The zero-order valence-corrected chi connectivity index (χ0v) is 13.7. The van der Waals surface area contributed by atoms with E-state index in [0.29, 0.717) is 13.0 Å². The van der Waals surface area contributed by atoms with Gasteiger partial charge < -0.3 is 10.0 Å². The van der Waals surface area contributed by atoms with Crippen LogP contribution >= 0.6 is 22.7 Å². The molecule has 1 atom stereocenters. The van der Waals surface area contributed by atoms with E-state index in [1.54, 1.807) is 23.2 Å². The zero-order chi connectivity index (χ0) is 15.7. The number of hydrogen-bond acceptors (Lipinski definition) is 5. The van der Waals surface area contributed by atoms with Gasteiger partial charge in [0.1, 0.15) is 5.01 Å². The maximum absolute atomic E-state index is 12.3. The number of carboxylic acid groups (broad SMARTS) is 1. The van der Waals surface area contributed by atoms with E-state index in [1.807, 2.05) is 22.9 Å². The van der Waals surface area contributed by atoms with Gasteiger partial charge in [0.25, 0.3) is 0 Å². The summed E-state index contributed by atoms with van der Waals surface area (Å²) in [4.78, 5) is 30.8. The van der Waals surface area contributed by atoms with Crippen LogP contribution in [0.3, 0.4) is 0 Å². The van der Waals surface area contributed by atoms with E-state index in [-0.39, 0.29) is 18.9 Å². The molecule has 1 saturated heterocycles. The van der Waals surface area contributed by atoms with E-state index in [2.05, 4.69) is 4.98 Å². The van der Waals surface area contributed by atoms with Gasteiger partial charge in [-0.3, -0.25) is 9.59 Å². The molecule has 1 aliphatic heterocycles. The topological polar surface area (TPSA) is 70.5 Å². The standard InChI is InChI=1S/C15H16N2O3S2/c1-15(14(19)20)4-5-17(9-15)12(18)7-10-8-22-13(16-10)11-3-2-6-21-11/h2-3,6,8H,4-5,7,9H2,1H3,(H,19,20)/t15-/m1/s1. The molecule has 2 aromatic rings. The number of amides is 1. The monoisotopic (exact) mass is 336 g/mol. The molecular formula is C15H16N2O3S2. The average Bonchev–Trinajstić information content (AvgIpc) is 3.17. The molecule has 0 spiro atoms. The number of thiazole rings is 1. The van der Waals surface area contributed by atoms with Gasteiger partial charge in [-0.1, -0.05) is 6.07 Å². The van der Waals surface area contributed by atoms with Crippen molar-refractivity contribution in [2.75, 3.05) is 13.1 Å². The molecular weight excluding hydrogens is 320 g/mol. The number of aliphatic carboxylic acids is 1. The summed E-state index contributed by atoms with van der Waals surface area (Å²) in [5, 5.41) is 14.0. The second kappa shape index (κ2) is 5.81. The summed E-state index contributed by atoms with van der Waals surface area (Å²) in [5.41, 5.74) is -0.0674. The van der Waals surface area contributed by atoms with Crippen molar-refractivity contribution >= 4 is 34.6 Å². The average molecular weight is 336 g/mol. The minimum Gasteiger partial charge on any atom is -0.481 e. The van der Waals surface area contributed by atoms with Crippen LogP contribution in [0.15, 0.2) is 22.9 Å². The largest absolute Gasteiger partial charge is 0.481 e. The Kier molecular flexibility index (Phi) is 4.01. The predicted octanol–water partition coefficient (Wildman–Crippen LogP) is 2.74. The third kappa shape index (κ3) is 2.91. The van der Waals surface area contributed by atoms with Crippen LogP contribution in [0.2, 0.25) is 0 Å². The smallest absolute Gasteiger partial charge is 0.311 e. The number of carboxylic acids is 1. The van der Waals surface area contributed by atoms with Crippen LogP contribution in [-0.4, -0.2) is 40.0 Å². The number of carbonyl (C=O) groups excluding carboxylic acids is 1.